The fourth-order valence-electron chi connectivity index (χ4n) is 3.94. The van der Waals surface area contributed by atoms with Crippen LogP contribution < -0.4 is 15.4 Å². The van der Waals surface area contributed by atoms with E-state index in [4.69, 9.17) is 20.9 Å². The summed E-state index contributed by atoms with van der Waals surface area (Å²) in [5.74, 6) is -0.618. The maximum absolute atomic E-state index is 12.8. The summed E-state index contributed by atoms with van der Waals surface area (Å²) in [5, 5.41) is 20.3. The summed E-state index contributed by atoms with van der Waals surface area (Å²) in [7, 11) is 1.42. The lowest BCUT2D eigenvalue weighted by atomic mass is 10.1. The van der Waals surface area contributed by atoms with E-state index in [9.17, 15) is 14.9 Å². The summed E-state index contributed by atoms with van der Waals surface area (Å²) in [5.41, 5.74) is 2.12. The maximum Gasteiger partial charge on any atom is 0.290 e. The molecule has 2 amide bonds. The van der Waals surface area contributed by atoms with Crippen molar-refractivity contribution in [2.45, 2.75) is 24.9 Å². The molecule has 9 nitrogen and oxygen atoms in total. The molecule has 2 N–H and O–H groups in total. The van der Waals surface area contributed by atoms with Crippen LogP contribution in [-0.2, 0) is 11.3 Å². The standard InChI is InChI=1S/C25H20ClN5O4/c1-34-22-12-21(35-30-22)23(32)29-25(8-9-25)24(33)28-14-15-2-5-18(6-3-15)31-19(13-27)11-16-10-17(26)4-7-20(16)31/h2-7,10-12H,8-9,14H2,1H3,(H,28,33)(H,29,32). The van der Waals surface area contributed by atoms with Crippen LogP contribution in [0.3, 0.4) is 0 Å². The molecule has 2 heterocycles. The second-order valence-corrected chi connectivity index (χ2v) is 8.74. The monoisotopic (exact) mass is 489 g/mol. The molecule has 4 aromatic rings. The van der Waals surface area contributed by atoms with Crippen molar-refractivity contribution in [3.63, 3.8) is 0 Å². The van der Waals surface area contributed by atoms with Crippen molar-refractivity contribution in [3.8, 4) is 17.6 Å². The van der Waals surface area contributed by atoms with Gasteiger partial charge >= 0.3 is 0 Å². The fraction of sp³-hybridized carbons (Fsp3) is 0.200. The van der Waals surface area contributed by atoms with Crippen LogP contribution in [0, 0.1) is 11.3 Å². The molecule has 2 aromatic heterocycles. The largest absolute Gasteiger partial charge is 0.479 e. The van der Waals surface area contributed by atoms with Crippen molar-refractivity contribution in [1.82, 2.24) is 20.4 Å². The van der Waals surface area contributed by atoms with Crippen molar-refractivity contribution in [2.24, 2.45) is 0 Å². The molecule has 10 heteroatoms. The number of rotatable bonds is 7. The zero-order chi connectivity index (χ0) is 24.6. The third-order valence-electron chi connectivity index (χ3n) is 5.98. The van der Waals surface area contributed by atoms with Gasteiger partial charge in [0.15, 0.2) is 0 Å². The zero-order valence-corrected chi connectivity index (χ0v) is 19.4. The Balaban J connectivity index is 1.25. The molecule has 2 aromatic carbocycles. The third kappa shape index (κ3) is 4.32. The number of carbonyl (C=O) groups is 2. The van der Waals surface area contributed by atoms with Crippen LogP contribution in [0.25, 0.3) is 16.6 Å². The minimum Gasteiger partial charge on any atom is -0.479 e. The Bertz CT molecular complexity index is 1480. The van der Waals surface area contributed by atoms with Crippen molar-refractivity contribution < 1.29 is 18.8 Å². The Kier molecular flexibility index (Phi) is 5.67. The number of benzene rings is 2. The molecule has 5 rings (SSSR count). The Hall–Kier alpha value is -4.29. The van der Waals surface area contributed by atoms with Gasteiger partial charge in [0.05, 0.1) is 18.7 Å². The summed E-state index contributed by atoms with van der Waals surface area (Å²) in [6.45, 7) is 0.292. The average molecular weight is 490 g/mol. The van der Waals surface area contributed by atoms with E-state index in [2.05, 4.69) is 21.9 Å². The van der Waals surface area contributed by atoms with Crippen LogP contribution in [0.2, 0.25) is 5.02 Å². The Morgan fingerprint density at radius 2 is 1.97 bits per heavy atom. The fourth-order valence-corrected chi connectivity index (χ4v) is 4.12. The Labute approximate surface area is 205 Å². The smallest absolute Gasteiger partial charge is 0.290 e. The number of fused-ring (bicyclic) bond motifs is 1. The molecule has 0 saturated heterocycles. The predicted molar refractivity (Wildman–Crippen MR) is 127 cm³/mol. The number of hydrogen-bond acceptors (Lipinski definition) is 6. The lowest BCUT2D eigenvalue weighted by Crippen LogP contribution is -2.48. The SMILES string of the molecule is COc1cc(C(=O)NC2(C(=O)NCc3ccc(-n4c(C#N)cc5cc(Cl)ccc54)cc3)CC2)on1. The second kappa shape index (κ2) is 8.81. The minimum absolute atomic E-state index is 0.0203. The average Bonchev–Trinajstić information content (AvgIpc) is 3.33. The van der Waals surface area contributed by atoms with Gasteiger partial charge in [-0.2, -0.15) is 5.26 Å². The summed E-state index contributed by atoms with van der Waals surface area (Å²) in [4.78, 5) is 25.2. The van der Waals surface area contributed by atoms with Crippen LogP contribution in [0.15, 0.2) is 59.1 Å². The van der Waals surface area contributed by atoms with E-state index in [0.29, 0.717) is 30.1 Å². The third-order valence-corrected chi connectivity index (χ3v) is 6.22. The highest BCUT2D eigenvalue weighted by Gasteiger charge is 2.51. The van der Waals surface area contributed by atoms with E-state index < -0.39 is 11.4 Å². The number of aromatic nitrogens is 2. The minimum atomic E-state index is -0.954. The quantitative estimate of drug-likeness (QED) is 0.408. The van der Waals surface area contributed by atoms with E-state index in [-0.39, 0.29) is 17.5 Å². The van der Waals surface area contributed by atoms with Gasteiger partial charge in [-0.25, -0.2) is 0 Å². The van der Waals surface area contributed by atoms with Gasteiger partial charge in [0.25, 0.3) is 11.8 Å². The Morgan fingerprint density at radius 1 is 1.20 bits per heavy atom. The molecular formula is C25H20ClN5O4. The number of hydrogen-bond donors (Lipinski definition) is 2. The first-order chi connectivity index (χ1) is 16.9. The van der Waals surface area contributed by atoms with Crippen LogP contribution >= 0.6 is 11.6 Å². The molecule has 0 spiro atoms. The van der Waals surface area contributed by atoms with Gasteiger partial charge in [0, 0.05) is 22.6 Å². The molecule has 1 aliphatic rings. The number of ether oxygens (including phenoxy) is 1. The molecule has 1 aliphatic carbocycles. The van der Waals surface area contributed by atoms with Gasteiger partial charge in [0.1, 0.15) is 17.3 Å². The number of halogens is 1. The molecular weight excluding hydrogens is 470 g/mol. The van der Waals surface area contributed by atoms with Crippen LogP contribution in [0.5, 0.6) is 5.88 Å². The van der Waals surface area contributed by atoms with E-state index in [0.717, 1.165) is 22.2 Å². The number of nitriles is 1. The predicted octanol–water partition coefficient (Wildman–Crippen LogP) is 3.73. The number of amides is 2. The number of nitrogens with zero attached hydrogens (tertiary/aromatic N) is 3. The molecule has 0 atom stereocenters. The zero-order valence-electron chi connectivity index (χ0n) is 18.7. The van der Waals surface area contributed by atoms with Gasteiger partial charge in [-0.3, -0.25) is 9.59 Å². The van der Waals surface area contributed by atoms with E-state index in [1.165, 1.54) is 13.2 Å². The first kappa shape index (κ1) is 22.5. The molecule has 1 fully saturated rings. The second-order valence-electron chi connectivity index (χ2n) is 8.30. The summed E-state index contributed by atoms with van der Waals surface area (Å²) in [6, 6.07) is 18.4. The van der Waals surface area contributed by atoms with Gasteiger partial charge in [0.2, 0.25) is 11.7 Å². The normalized spacial score (nSPS) is 13.7. The van der Waals surface area contributed by atoms with Crippen molar-refractivity contribution in [3.05, 3.63) is 76.6 Å². The van der Waals surface area contributed by atoms with E-state index in [1.54, 1.807) is 12.1 Å². The lowest BCUT2D eigenvalue weighted by Gasteiger charge is -2.16. The van der Waals surface area contributed by atoms with Crippen molar-refractivity contribution in [2.75, 3.05) is 7.11 Å². The van der Waals surface area contributed by atoms with Crippen molar-refractivity contribution >= 4 is 34.3 Å². The van der Waals surface area contributed by atoms with Crippen molar-refractivity contribution in [1.29, 1.82) is 5.26 Å². The maximum atomic E-state index is 12.8. The number of carbonyl (C=O) groups excluding carboxylic acids is 2. The highest BCUT2D eigenvalue weighted by atomic mass is 35.5. The highest BCUT2D eigenvalue weighted by molar-refractivity contribution is 6.31. The van der Waals surface area contributed by atoms with Crippen LogP contribution in [0.1, 0.15) is 34.7 Å². The van der Waals surface area contributed by atoms with Crippen LogP contribution in [0.4, 0.5) is 0 Å². The molecule has 1 saturated carbocycles. The summed E-state index contributed by atoms with van der Waals surface area (Å²) >= 11 is 6.09. The van der Waals surface area contributed by atoms with Gasteiger partial charge in [-0.15, -0.1) is 0 Å². The molecule has 0 radical (unpaired) electrons. The topological polar surface area (TPSA) is 122 Å². The lowest BCUT2D eigenvalue weighted by molar-refractivity contribution is -0.124. The first-order valence-electron chi connectivity index (χ1n) is 10.8. The molecule has 0 bridgehead atoms. The molecule has 176 valence electrons. The van der Waals surface area contributed by atoms with Gasteiger partial charge in [-0.1, -0.05) is 23.7 Å². The van der Waals surface area contributed by atoms with E-state index in [1.807, 2.05) is 41.0 Å². The Morgan fingerprint density at radius 3 is 2.63 bits per heavy atom. The summed E-state index contributed by atoms with van der Waals surface area (Å²) < 4.78 is 11.7. The summed E-state index contributed by atoms with van der Waals surface area (Å²) in [6.07, 6.45) is 1.08. The number of nitrogens with one attached hydrogen (secondary N) is 2. The first-order valence-corrected chi connectivity index (χ1v) is 11.2. The molecule has 0 aliphatic heterocycles. The van der Waals surface area contributed by atoms with Crippen LogP contribution in [-0.4, -0.2) is 34.2 Å². The molecule has 0 unspecified atom stereocenters. The highest BCUT2D eigenvalue weighted by Crippen LogP contribution is 2.36. The number of methoxy groups -OCH3 is 1. The van der Waals surface area contributed by atoms with Gasteiger partial charge in [-0.05, 0) is 60.0 Å². The molecule has 35 heavy (non-hydrogen) atoms. The van der Waals surface area contributed by atoms with Gasteiger partial charge < -0.3 is 24.5 Å². The van der Waals surface area contributed by atoms with E-state index >= 15 is 0 Å².